The third kappa shape index (κ3) is 4.48. The average molecular weight is 472 g/mol. The number of benzene rings is 1. The molecule has 182 valence electrons. The van der Waals surface area contributed by atoms with E-state index in [9.17, 15) is 0 Å². The van der Waals surface area contributed by atoms with Gasteiger partial charge in [0.25, 0.3) is 0 Å². The summed E-state index contributed by atoms with van der Waals surface area (Å²) in [5.41, 5.74) is 4.05. The summed E-state index contributed by atoms with van der Waals surface area (Å²) in [6.07, 6.45) is 10.7. The van der Waals surface area contributed by atoms with Crippen molar-refractivity contribution in [1.29, 1.82) is 0 Å². The summed E-state index contributed by atoms with van der Waals surface area (Å²) in [4.78, 5) is 19.6. The Hall–Kier alpha value is -3.46. The van der Waals surface area contributed by atoms with E-state index >= 15 is 0 Å². The number of piperazine rings is 1. The first-order chi connectivity index (χ1) is 17.3. The minimum absolute atomic E-state index is 0.488. The lowest BCUT2D eigenvalue weighted by atomic mass is 10.2. The number of imidazole rings is 1. The molecular weight excluding hydrogens is 438 g/mol. The Balaban J connectivity index is 1.28. The molecule has 0 radical (unpaired) electrons. The first-order valence-electron chi connectivity index (χ1n) is 12.8. The van der Waals surface area contributed by atoms with Crippen molar-refractivity contribution < 1.29 is 0 Å². The fraction of sp³-hybridized carbons (Fsp3) is 0.462. The number of anilines is 2. The molecule has 1 saturated heterocycles. The summed E-state index contributed by atoms with van der Waals surface area (Å²) in [5, 5.41) is 7.88. The molecule has 1 aliphatic heterocycles. The molecule has 35 heavy (non-hydrogen) atoms. The second-order valence-electron chi connectivity index (χ2n) is 9.53. The molecule has 1 aromatic carbocycles. The van der Waals surface area contributed by atoms with Crippen LogP contribution in [0.1, 0.15) is 44.2 Å². The Kier molecular flexibility index (Phi) is 6.08. The van der Waals surface area contributed by atoms with E-state index in [-0.39, 0.29) is 0 Å². The zero-order chi connectivity index (χ0) is 23.6. The SMILES string of the molecule is CCN1CCN(c2nc(NCc3ccc(-n4cccn4)cc3)c3ncn(C4CCCC4)c3n2)CC1. The Morgan fingerprint density at radius 1 is 1.00 bits per heavy atom. The highest BCUT2D eigenvalue weighted by molar-refractivity contribution is 5.84. The summed E-state index contributed by atoms with van der Waals surface area (Å²) >= 11 is 0. The van der Waals surface area contributed by atoms with Crippen molar-refractivity contribution in [3.8, 4) is 5.69 Å². The maximum atomic E-state index is 5.06. The summed E-state index contributed by atoms with van der Waals surface area (Å²) in [5.74, 6) is 1.63. The van der Waals surface area contributed by atoms with Crippen LogP contribution < -0.4 is 10.2 Å². The zero-order valence-corrected chi connectivity index (χ0v) is 20.3. The Labute approximate surface area is 205 Å². The lowest BCUT2D eigenvalue weighted by Crippen LogP contribution is -2.46. The molecule has 0 bridgehead atoms. The van der Waals surface area contributed by atoms with E-state index in [0.717, 1.165) is 61.3 Å². The van der Waals surface area contributed by atoms with Gasteiger partial charge in [0.05, 0.1) is 12.0 Å². The lowest BCUT2D eigenvalue weighted by molar-refractivity contribution is 0.270. The van der Waals surface area contributed by atoms with Gasteiger partial charge in [0.1, 0.15) is 0 Å². The Morgan fingerprint density at radius 2 is 1.80 bits per heavy atom. The van der Waals surface area contributed by atoms with Crippen LogP contribution in [0.4, 0.5) is 11.8 Å². The molecule has 9 nitrogen and oxygen atoms in total. The van der Waals surface area contributed by atoms with Gasteiger partial charge in [0.2, 0.25) is 5.95 Å². The van der Waals surface area contributed by atoms with Gasteiger partial charge in [-0.2, -0.15) is 15.1 Å². The molecule has 0 spiro atoms. The number of rotatable bonds is 7. The van der Waals surface area contributed by atoms with Crippen molar-refractivity contribution in [2.24, 2.45) is 0 Å². The first-order valence-corrected chi connectivity index (χ1v) is 12.8. The van der Waals surface area contributed by atoms with Crippen LogP contribution in [0.5, 0.6) is 0 Å². The molecule has 6 rings (SSSR count). The number of aromatic nitrogens is 6. The van der Waals surface area contributed by atoms with E-state index in [2.05, 4.69) is 56.0 Å². The minimum atomic E-state index is 0.488. The van der Waals surface area contributed by atoms with Crippen LogP contribution in [0.15, 0.2) is 49.1 Å². The van der Waals surface area contributed by atoms with E-state index < -0.39 is 0 Å². The molecule has 3 aromatic heterocycles. The largest absolute Gasteiger partial charge is 0.364 e. The number of fused-ring (bicyclic) bond motifs is 1. The molecule has 0 atom stereocenters. The molecule has 1 N–H and O–H groups in total. The van der Waals surface area contributed by atoms with E-state index in [1.165, 1.54) is 31.2 Å². The molecule has 4 aromatic rings. The average Bonchev–Trinajstić information content (AvgIpc) is 3.69. The van der Waals surface area contributed by atoms with Gasteiger partial charge in [-0.15, -0.1) is 0 Å². The summed E-state index contributed by atoms with van der Waals surface area (Å²) < 4.78 is 4.16. The number of hydrogen-bond donors (Lipinski definition) is 1. The van der Waals surface area contributed by atoms with E-state index in [1.807, 2.05) is 23.3 Å². The van der Waals surface area contributed by atoms with Crippen molar-refractivity contribution in [3.05, 3.63) is 54.6 Å². The molecule has 0 unspecified atom stereocenters. The van der Waals surface area contributed by atoms with Gasteiger partial charge in [-0.25, -0.2) is 9.67 Å². The van der Waals surface area contributed by atoms with E-state index in [4.69, 9.17) is 15.0 Å². The third-order valence-electron chi connectivity index (χ3n) is 7.40. The van der Waals surface area contributed by atoms with Gasteiger partial charge < -0.3 is 19.7 Å². The van der Waals surface area contributed by atoms with Gasteiger partial charge in [0.15, 0.2) is 17.0 Å². The van der Waals surface area contributed by atoms with Crippen molar-refractivity contribution in [1.82, 2.24) is 34.2 Å². The maximum Gasteiger partial charge on any atom is 0.229 e. The Morgan fingerprint density at radius 3 is 2.51 bits per heavy atom. The molecule has 0 amide bonds. The topological polar surface area (TPSA) is 79.9 Å². The van der Waals surface area contributed by atoms with Crippen LogP contribution in [-0.4, -0.2) is 66.9 Å². The maximum absolute atomic E-state index is 5.06. The van der Waals surface area contributed by atoms with Gasteiger partial charge in [0, 0.05) is 51.2 Å². The van der Waals surface area contributed by atoms with Crippen LogP contribution in [0.25, 0.3) is 16.9 Å². The first kappa shape index (κ1) is 22.0. The highest BCUT2D eigenvalue weighted by Crippen LogP contribution is 2.33. The number of nitrogens with one attached hydrogen (secondary N) is 1. The second kappa shape index (κ2) is 9.65. The van der Waals surface area contributed by atoms with Crippen LogP contribution in [-0.2, 0) is 6.54 Å². The number of likely N-dealkylation sites (N-methyl/N-ethyl adjacent to an activating group) is 1. The zero-order valence-electron chi connectivity index (χ0n) is 20.3. The highest BCUT2D eigenvalue weighted by atomic mass is 15.3. The predicted molar refractivity (Wildman–Crippen MR) is 138 cm³/mol. The van der Waals surface area contributed by atoms with Crippen molar-refractivity contribution in [2.75, 3.05) is 42.9 Å². The van der Waals surface area contributed by atoms with Crippen LogP contribution in [0, 0.1) is 0 Å². The summed E-state index contributed by atoms with van der Waals surface area (Å²) in [7, 11) is 0. The fourth-order valence-electron chi connectivity index (χ4n) is 5.26. The summed E-state index contributed by atoms with van der Waals surface area (Å²) in [6.45, 7) is 7.98. The quantitative estimate of drug-likeness (QED) is 0.438. The third-order valence-corrected chi connectivity index (χ3v) is 7.40. The molecule has 1 aliphatic carbocycles. The monoisotopic (exact) mass is 471 g/mol. The minimum Gasteiger partial charge on any atom is -0.364 e. The highest BCUT2D eigenvalue weighted by Gasteiger charge is 2.24. The standard InChI is InChI=1S/C26H33N9/c1-2-32-14-16-33(17-15-32)26-30-24(23-25(31-26)34(19-28-23)21-6-3-4-7-21)27-18-20-8-10-22(11-9-20)35-13-5-12-29-35/h5,8-13,19,21H,2-4,6-7,14-18H2,1H3,(H,27,30,31). The van der Waals surface area contributed by atoms with E-state index in [0.29, 0.717) is 12.6 Å². The summed E-state index contributed by atoms with van der Waals surface area (Å²) in [6, 6.07) is 10.9. The molecule has 2 fully saturated rings. The fourth-order valence-corrected chi connectivity index (χ4v) is 5.26. The second-order valence-corrected chi connectivity index (χ2v) is 9.53. The molecular formula is C26H33N9. The number of nitrogens with zero attached hydrogens (tertiary/aromatic N) is 8. The molecule has 2 aliphatic rings. The van der Waals surface area contributed by atoms with Gasteiger partial charge >= 0.3 is 0 Å². The Bertz CT molecular complexity index is 1250. The molecule has 4 heterocycles. The molecule has 1 saturated carbocycles. The van der Waals surface area contributed by atoms with E-state index in [1.54, 1.807) is 6.20 Å². The van der Waals surface area contributed by atoms with Gasteiger partial charge in [-0.1, -0.05) is 31.9 Å². The smallest absolute Gasteiger partial charge is 0.229 e. The van der Waals surface area contributed by atoms with Crippen LogP contribution >= 0.6 is 0 Å². The van der Waals surface area contributed by atoms with Crippen molar-refractivity contribution in [2.45, 2.75) is 45.2 Å². The van der Waals surface area contributed by atoms with Crippen LogP contribution in [0.2, 0.25) is 0 Å². The van der Waals surface area contributed by atoms with Crippen LogP contribution in [0.3, 0.4) is 0 Å². The van der Waals surface area contributed by atoms with Crippen molar-refractivity contribution in [3.63, 3.8) is 0 Å². The lowest BCUT2D eigenvalue weighted by Gasteiger charge is -2.34. The van der Waals surface area contributed by atoms with Gasteiger partial charge in [-0.05, 0) is 43.1 Å². The normalized spacial score (nSPS) is 17.5. The van der Waals surface area contributed by atoms with Gasteiger partial charge in [-0.3, -0.25) is 0 Å². The molecule has 9 heteroatoms. The van der Waals surface area contributed by atoms with Crippen molar-refractivity contribution >= 4 is 22.9 Å². The number of hydrogen-bond acceptors (Lipinski definition) is 7. The predicted octanol–water partition coefficient (Wildman–Crippen LogP) is 3.88.